The summed E-state index contributed by atoms with van der Waals surface area (Å²) in [4.78, 5) is 28.5. The van der Waals surface area contributed by atoms with Gasteiger partial charge in [0, 0.05) is 22.1 Å². The summed E-state index contributed by atoms with van der Waals surface area (Å²) in [7, 11) is -2.87. The van der Waals surface area contributed by atoms with Crippen molar-refractivity contribution < 1.29 is 22.7 Å². The van der Waals surface area contributed by atoms with Crippen molar-refractivity contribution in [3.63, 3.8) is 0 Å². The molecule has 0 aliphatic heterocycles. The minimum atomic E-state index is -4.27. The van der Waals surface area contributed by atoms with Gasteiger partial charge in [-0.2, -0.15) is 0 Å². The zero-order valence-corrected chi connectivity index (χ0v) is 25.3. The van der Waals surface area contributed by atoms with Gasteiger partial charge in [0.2, 0.25) is 11.8 Å². The number of carbonyl (C=O) groups is 2. The Kier molecular flexibility index (Phi) is 10.1. The van der Waals surface area contributed by atoms with Crippen molar-refractivity contribution in [1.29, 1.82) is 0 Å². The van der Waals surface area contributed by atoms with Crippen LogP contribution < -0.4 is 14.4 Å². The lowest BCUT2D eigenvalue weighted by Gasteiger charge is -2.34. The molecule has 0 spiro atoms. The first-order valence-electron chi connectivity index (χ1n) is 12.5. The molecule has 0 saturated carbocycles. The normalized spacial score (nSPS) is 12.4. The molecule has 0 bridgehead atoms. The van der Waals surface area contributed by atoms with E-state index in [4.69, 9.17) is 27.9 Å². The topological polar surface area (TPSA) is 96.0 Å². The van der Waals surface area contributed by atoms with E-state index in [0.29, 0.717) is 10.6 Å². The van der Waals surface area contributed by atoms with Crippen molar-refractivity contribution in [2.45, 2.75) is 50.7 Å². The van der Waals surface area contributed by atoms with Crippen LogP contribution in [0.1, 0.15) is 33.3 Å². The third kappa shape index (κ3) is 7.68. The predicted molar refractivity (Wildman–Crippen MR) is 158 cm³/mol. The summed E-state index contributed by atoms with van der Waals surface area (Å²) in [6.45, 7) is 6.42. The highest BCUT2D eigenvalue weighted by molar-refractivity contribution is 7.92. The minimum absolute atomic E-state index is 0.0247. The Balaban J connectivity index is 2.11. The second kappa shape index (κ2) is 12.9. The largest absolute Gasteiger partial charge is 0.495 e. The maximum atomic E-state index is 14.0. The number of sulfonamides is 1. The van der Waals surface area contributed by atoms with E-state index in [1.54, 1.807) is 55.5 Å². The van der Waals surface area contributed by atoms with Crippen molar-refractivity contribution in [1.82, 2.24) is 10.2 Å². The molecule has 3 aromatic carbocycles. The van der Waals surface area contributed by atoms with E-state index in [0.717, 1.165) is 4.31 Å². The van der Waals surface area contributed by atoms with Gasteiger partial charge < -0.3 is 15.0 Å². The Labute approximate surface area is 245 Å². The molecule has 0 heterocycles. The number of halogens is 2. The summed E-state index contributed by atoms with van der Waals surface area (Å²) >= 11 is 12.7. The smallest absolute Gasteiger partial charge is 0.264 e. The molecule has 214 valence electrons. The second-order valence-corrected chi connectivity index (χ2v) is 12.9. The molecule has 0 fully saturated rings. The van der Waals surface area contributed by atoms with Gasteiger partial charge in [-0.3, -0.25) is 13.9 Å². The average Bonchev–Trinajstić information content (AvgIpc) is 2.90. The Hall–Kier alpha value is -3.27. The van der Waals surface area contributed by atoms with Crippen LogP contribution in [0.3, 0.4) is 0 Å². The van der Waals surface area contributed by atoms with Gasteiger partial charge in [0.25, 0.3) is 10.0 Å². The molecular weight excluding hydrogens is 573 g/mol. The third-order valence-corrected chi connectivity index (χ3v) is 8.36. The molecule has 40 heavy (non-hydrogen) atoms. The molecule has 1 unspecified atom stereocenters. The number of ether oxygens (including phenoxy) is 1. The van der Waals surface area contributed by atoms with Crippen LogP contribution in [0.25, 0.3) is 0 Å². The van der Waals surface area contributed by atoms with Gasteiger partial charge in [0.05, 0.1) is 17.7 Å². The van der Waals surface area contributed by atoms with E-state index in [2.05, 4.69) is 5.32 Å². The number of benzene rings is 3. The summed E-state index contributed by atoms with van der Waals surface area (Å²) < 4.78 is 34.2. The molecule has 2 amide bonds. The van der Waals surface area contributed by atoms with Gasteiger partial charge in [-0.05, 0) is 69.7 Å². The van der Waals surface area contributed by atoms with Gasteiger partial charge in [0.15, 0.2) is 0 Å². The number of carbonyl (C=O) groups excluding carboxylic acids is 2. The molecule has 0 aliphatic rings. The Bertz CT molecular complexity index is 1460. The quantitative estimate of drug-likeness (QED) is 0.328. The number of methoxy groups -OCH3 is 1. The predicted octanol–water partition coefficient (Wildman–Crippen LogP) is 5.53. The summed E-state index contributed by atoms with van der Waals surface area (Å²) in [5.41, 5.74) is 0.129. The van der Waals surface area contributed by atoms with Crippen LogP contribution in [0.15, 0.2) is 77.7 Å². The molecule has 0 saturated heterocycles. The first-order chi connectivity index (χ1) is 18.7. The van der Waals surface area contributed by atoms with E-state index in [1.807, 2.05) is 20.8 Å². The van der Waals surface area contributed by atoms with Crippen LogP contribution in [0.5, 0.6) is 5.75 Å². The fourth-order valence-corrected chi connectivity index (χ4v) is 5.76. The summed E-state index contributed by atoms with van der Waals surface area (Å²) in [5.74, 6) is -0.823. The van der Waals surface area contributed by atoms with E-state index < -0.39 is 40.0 Å². The maximum Gasteiger partial charge on any atom is 0.264 e. The lowest BCUT2D eigenvalue weighted by molar-refractivity contribution is -0.140. The van der Waals surface area contributed by atoms with E-state index in [-0.39, 0.29) is 27.9 Å². The van der Waals surface area contributed by atoms with Gasteiger partial charge in [0.1, 0.15) is 18.3 Å². The lowest BCUT2D eigenvalue weighted by atomic mass is 10.1. The van der Waals surface area contributed by atoms with Crippen molar-refractivity contribution >= 4 is 50.7 Å². The third-order valence-electron chi connectivity index (χ3n) is 5.98. The lowest BCUT2D eigenvalue weighted by Crippen LogP contribution is -2.54. The molecule has 1 N–H and O–H groups in total. The zero-order valence-electron chi connectivity index (χ0n) is 23.0. The number of nitrogens with zero attached hydrogens (tertiary/aromatic N) is 2. The van der Waals surface area contributed by atoms with Crippen molar-refractivity contribution in [3.05, 3.63) is 88.4 Å². The zero-order chi connectivity index (χ0) is 29.7. The highest BCUT2D eigenvalue weighted by Gasteiger charge is 2.34. The van der Waals surface area contributed by atoms with Gasteiger partial charge in [-0.15, -0.1) is 0 Å². The average molecular weight is 607 g/mol. The second-order valence-electron chi connectivity index (χ2n) is 10.2. The minimum Gasteiger partial charge on any atom is -0.495 e. The monoisotopic (exact) mass is 605 g/mol. The van der Waals surface area contributed by atoms with Crippen LogP contribution in [-0.4, -0.2) is 50.4 Å². The molecule has 0 radical (unpaired) electrons. The summed E-state index contributed by atoms with van der Waals surface area (Å²) in [6, 6.07) is 18.2. The molecule has 11 heteroatoms. The number of hydrogen-bond donors (Lipinski definition) is 1. The van der Waals surface area contributed by atoms with Gasteiger partial charge >= 0.3 is 0 Å². The SMILES string of the molecule is COc1ccc(Cl)cc1N(CC(=O)N(Cc1ccccc1Cl)C(C)C(=O)NC(C)(C)C)S(=O)(=O)c1ccccc1. The molecule has 1 atom stereocenters. The Morgan fingerprint density at radius 2 is 1.60 bits per heavy atom. The standard InChI is InChI=1S/C29H33Cl2N3O5S/c1-20(28(36)32-29(2,3)4)33(18-21-11-9-10-14-24(21)31)27(35)19-34(25-17-22(30)15-16-26(25)39-5)40(37,38)23-12-7-6-8-13-23/h6-17,20H,18-19H2,1-5H3,(H,32,36). The van der Waals surface area contributed by atoms with Crippen molar-refractivity contribution in [2.24, 2.45) is 0 Å². The number of anilines is 1. The van der Waals surface area contributed by atoms with Crippen LogP contribution in [0.4, 0.5) is 5.69 Å². The maximum absolute atomic E-state index is 14.0. The van der Waals surface area contributed by atoms with Crippen LogP contribution in [0.2, 0.25) is 10.0 Å². The molecule has 0 aliphatic carbocycles. The van der Waals surface area contributed by atoms with Gasteiger partial charge in [-0.1, -0.05) is 59.6 Å². The summed E-state index contributed by atoms with van der Waals surface area (Å²) in [5, 5.41) is 3.55. The summed E-state index contributed by atoms with van der Waals surface area (Å²) in [6.07, 6.45) is 0. The van der Waals surface area contributed by atoms with Crippen LogP contribution in [-0.2, 0) is 26.2 Å². The van der Waals surface area contributed by atoms with E-state index in [9.17, 15) is 18.0 Å². The van der Waals surface area contributed by atoms with Crippen LogP contribution in [0, 0.1) is 0 Å². The Morgan fingerprint density at radius 1 is 0.975 bits per heavy atom. The fourth-order valence-electron chi connectivity index (χ4n) is 3.96. The first kappa shape index (κ1) is 31.3. The number of amides is 2. The number of hydrogen-bond acceptors (Lipinski definition) is 5. The van der Waals surface area contributed by atoms with Crippen molar-refractivity contribution in [3.8, 4) is 5.75 Å². The highest BCUT2D eigenvalue weighted by atomic mass is 35.5. The Morgan fingerprint density at radius 3 is 2.20 bits per heavy atom. The van der Waals surface area contributed by atoms with Crippen molar-refractivity contribution in [2.75, 3.05) is 18.0 Å². The van der Waals surface area contributed by atoms with E-state index in [1.165, 1.54) is 36.3 Å². The fraction of sp³-hybridized carbons (Fsp3) is 0.310. The first-order valence-corrected chi connectivity index (χ1v) is 14.7. The van der Waals surface area contributed by atoms with E-state index >= 15 is 0 Å². The molecular formula is C29H33Cl2N3O5S. The molecule has 3 rings (SSSR count). The van der Waals surface area contributed by atoms with Crippen LogP contribution >= 0.6 is 23.2 Å². The highest BCUT2D eigenvalue weighted by Crippen LogP contribution is 2.35. The number of nitrogens with one attached hydrogen (secondary N) is 1. The van der Waals surface area contributed by atoms with Gasteiger partial charge in [-0.25, -0.2) is 8.42 Å². The molecule has 8 nitrogen and oxygen atoms in total. The number of rotatable bonds is 10. The molecule has 0 aromatic heterocycles. The molecule has 3 aromatic rings.